The Hall–Kier alpha value is -2.80. The van der Waals surface area contributed by atoms with E-state index in [4.69, 9.17) is 23.2 Å². The minimum absolute atomic E-state index is 0.267. The summed E-state index contributed by atoms with van der Waals surface area (Å²) in [5.41, 5.74) is 2.96. The summed E-state index contributed by atoms with van der Waals surface area (Å²) < 4.78 is 1.93. The molecule has 0 fully saturated rings. The van der Waals surface area contributed by atoms with Crippen LogP contribution in [0.2, 0.25) is 10.0 Å². The summed E-state index contributed by atoms with van der Waals surface area (Å²) in [6.07, 6.45) is 0. The number of rotatable bonds is 6. The molecule has 0 unspecified atom stereocenters. The molecule has 156 valence electrons. The molecule has 0 saturated carbocycles. The number of anilines is 1. The molecule has 0 radical (unpaired) electrons. The van der Waals surface area contributed by atoms with Crippen LogP contribution in [0.5, 0.6) is 0 Å². The van der Waals surface area contributed by atoms with Crippen molar-refractivity contribution < 1.29 is 4.79 Å². The third-order valence-corrected chi connectivity index (χ3v) is 6.41. The standard InChI is InChI=1S/C23H18Cl2N4OS/c1-29-21(27-28-23(29)31-14-16-7-2-4-11-19(16)24)15-8-6-9-17(13-15)26-22(30)18-10-3-5-12-20(18)25/h2-13H,14H2,1H3,(H,26,30). The van der Waals surface area contributed by atoms with Gasteiger partial charge in [0.2, 0.25) is 0 Å². The van der Waals surface area contributed by atoms with Crippen LogP contribution in [0, 0.1) is 0 Å². The second-order valence-electron chi connectivity index (χ2n) is 6.76. The molecule has 0 bridgehead atoms. The fourth-order valence-electron chi connectivity index (χ4n) is 3.03. The van der Waals surface area contributed by atoms with Gasteiger partial charge in [0.1, 0.15) is 0 Å². The van der Waals surface area contributed by atoms with Crippen LogP contribution in [0.3, 0.4) is 0 Å². The molecule has 1 amide bonds. The molecule has 1 heterocycles. The minimum atomic E-state index is -0.267. The average Bonchev–Trinajstić information content (AvgIpc) is 3.14. The maximum Gasteiger partial charge on any atom is 0.257 e. The number of aromatic nitrogens is 3. The van der Waals surface area contributed by atoms with Gasteiger partial charge in [-0.15, -0.1) is 10.2 Å². The lowest BCUT2D eigenvalue weighted by Crippen LogP contribution is -2.12. The monoisotopic (exact) mass is 468 g/mol. The van der Waals surface area contributed by atoms with Crippen molar-refractivity contribution >= 4 is 46.6 Å². The van der Waals surface area contributed by atoms with Gasteiger partial charge < -0.3 is 9.88 Å². The van der Waals surface area contributed by atoms with Gasteiger partial charge in [-0.05, 0) is 35.9 Å². The van der Waals surface area contributed by atoms with Crippen LogP contribution in [0.4, 0.5) is 5.69 Å². The van der Waals surface area contributed by atoms with Gasteiger partial charge in [-0.2, -0.15) is 0 Å². The number of hydrogen-bond acceptors (Lipinski definition) is 4. The van der Waals surface area contributed by atoms with E-state index in [9.17, 15) is 4.79 Å². The number of carbonyl (C=O) groups is 1. The molecule has 0 aliphatic heterocycles. The number of nitrogens with one attached hydrogen (secondary N) is 1. The first kappa shape index (κ1) is 21.4. The molecule has 0 aliphatic rings. The lowest BCUT2D eigenvalue weighted by molar-refractivity contribution is 0.102. The van der Waals surface area contributed by atoms with Crippen LogP contribution in [0.1, 0.15) is 15.9 Å². The second-order valence-corrected chi connectivity index (χ2v) is 8.52. The maximum atomic E-state index is 12.6. The lowest BCUT2D eigenvalue weighted by Gasteiger charge is -2.09. The van der Waals surface area contributed by atoms with E-state index < -0.39 is 0 Å². The second kappa shape index (κ2) is 9.56. The molecule has 0 spiro atoms. The topological polar surface area (TPSA) is 59.8 Å². The van der Waals surface area contributed by atoms with E-state index in [2.05, 4.69) is 15.5 Å². The molecule has 1 aromatic heterocycles. The third kappa shape index (κ3) is 4.93. The number of benzene rings is 3. The smallest absolute Gasteiger partial charge is 0.257 e. The van der Waals surface area contributed by atoms with Crippen LogP contribution in [-0.2, 0) is 12.8 Å². The van der Waals surface area contributed by atoms with Crippen molar-refractivity contribution in [3.8, 4) is 11.4 Å². The zero-order chi connectivity index (χ0) is 21.8. The number of amides is 1. The largest absolute Gasteiger partial charge is 0.322 e. The van der Waals surface area contributed by atoms with E-state index in [-0.39, 0.29) is 5.91 Å². The van der Waals surface area contributed by atoms with E-state index in [0.29, 0.717) is 27.9 Å². The molecule has 31 heavy (non-hydrogen) atoms. The highest BCUT2D eigenvalue weighted by atomic mass is 35.5. The first-order valence-electron chi connectivity index (χ1n) is 9.45. The number of carbonyl (C=O) groups excluding carboxylic acids is 1. The SMILES string of the molecule is Cn1c(SCc2ccccc2Cl)nnc1-c1cccc(NC(=O)c2ccccc2Cl)c1. The molecule has 4 rings (SSSR count). The summed E-state index contributed by atoms with van der Waals surface area (Å²) in [4.78, 5) is 12.6. The Balaban J connectivity index is 1.51. The van der Waals surface area contributed by atoms with Crippen molar-refractivity contribution in [3.05, 3.63) is 94.0 Å². The van der Waals surface area contributed by atoms with Crippen molar-refractivity contribution in [1.29, 1.82) is 0 Å². The number of hydrogen-bond donors (Lipinski definition) is 1. The first-order valence-corrected chi connectivity index (χ1v) is 11.2. The summed E-state index contributed by atoms with van der Waals surface area (Å²) in [6, 6.07) is 22.2. The summed E-state index contributed by atoms with van der Waals surface area (Å²) in [7, 11) is 1.92. The number of nitrogens with zero attached hydrogens (tertiary/aromatic N) is 3. The van der Waals surface area contributed by atoms with Crippen LogP contribution in [0.15, 0.2) is 78.0 Å². The molecule has 0 atom stereocenters. The molecule has 0 saturated heterocycles. The van der Waals surface area contributed by atoms with Crippen molar-refractivity contribution in [2.45, 2.75) is 10.9 Å². The van der Waals surface area contributed by atoms with Gasteiger partial charge in [0.15, 0.2) is 11.0 Å². The highest BCUT2D eigenvalue weighted by Gasteiger charge is 2.14. The average molecular weight is 469 g/mol. The van der Waals surface area contributed by atoms with E-state index in [1.807, 2.05) is 60.1 Å². The Labute approximate surface area is 194 Å². The predicted molar refractivity (Wildman–Crippen MR) is 127 cm³/mol. The Morgan fingerprint density at radius 2 is 1.71 bits per heavy atom. The van der Waals surface area contributed by atoms with Gasteiger partial charge in [0, 0.05) is 29.1 Å². The molecule has 1 N–H and O–H groups in total. The van der Waals surface area contributed by atoms with Gasteiger partial charge in [-0.1, -0.05) is 77.4 Å². The van der Waals surface area contributed by atoms with E-state index in [1.54, 1.807) is 36.0 Å². The molecule has 5 nitrogen and oxygen atoms in total. The summed E-state index contributed by atoms with van der Waals surface area (Å²) in [5, 5.41) is 13.5. The zero-order valence-corrected chi connectivity index (χ0v) is 18.9. The van der Waals surface area contributed by atoms with Crippen LogP contribution in [-0.4, -0.2) is 20.7 Å². The highest BCUT2D eigenvalue weighted by molar-refractivity contribution is 7.98. The fraction of sp³-hybridized carbons (Fsp3) is 0.0870. The van der Waals surface area contributed by atoms with Gasteiger partial charge in [0.25, 0.3) is 5.91 Å². The Morgan fingerprint density at radius 1 is 0.968 bits per heavy atom. The van der Waals surface area contributed by atoms with E-state index in [0.717, 1.165) is 21.3 Å². The maximum absolute atomic E-state index is 12.6. The van der Waals surface area contributed by atoms with Crippen LogP contribution >= 0.6 is 35.0 Å². The first-order chi connectivity index (χ1) is 15.0. The summed E-state index contributed by atoms with van der Waals surface area (Å²) in [6.45, 7) is 0. The summed E-state index contributed by atoms with van der Waals surface area (Å²) >= 11 is 13.9. The van der Waals surface area contributed by atoms with E-state index >= 15 is 0 Å². The van der Waals surface area contributed by atoms with Crippen LogP contribution < -0.4 is 5.32 Å². The lowest BCUT2D eigenvalue weighted by atomic mass is 10.1. The molecular weight excluding hydrogens is 451 g/mol. The highest BCUT2D eigenvalue weighted by Crippen LogP contribution is 2.29. The fourth-order valence-corrected chi connectivity index (χ4v) is 4.45. The molecular formula is C23H18Cl2N4OS. The van der Waals surface area contributed by atoms with Crippen LogP contribution in [0.25, 0.3) is 11.4 Å². The van der Waals surface area contributed by atoms with Gasteiger partial charge in [-0.3, -0.25) is 4.79 Å². The summed E-state index contributed by atoms with van der Waals surface area (Å²) in [5.74, 6) is 1.13. The Morgan fingerprint density at radius 3 is 2.48 bits per heavy atom. The quantitative estimate of drug-likeness (QED) is 0.335. The number of halogens is 2. The third-order valence-electron chi connectivity index (χ3n) is 4.65. The normalized spacial score (nSPS) is 10.8. The van der Waals surface area contributed by atoms with E-state index in [1.165, 1.54) is 0 Å². The number of thioether (sulfide) groups is 1. The van der Waals surface area contributed by atoms with Crippen molar-refractivity contribution in [2.75, 3.05) is 5.32 Å². The zero-order valence-electron chi connectivity index (χ0n) is 16.5. The van der Waals surface area contributed by atoms with Gasteiger partial charge in [-0.25, -0.2) is 0 Å². The molecule has 8 heteroatoms. The van der Waals surface area contributed by atoms with Crippen molar-refractivity contribution in [3.63, 3.8) is 0 Å². The van der Waals surface area contributed by atoms with Crippen molar-refractivity contribution in [2.24, 2.45) is 7.05 Å². The molecule has 3 aromatic carbocycles. The van der Waals surface area contributed by atoms with Gasteiger partial charge in [0.05, 0.1) is 10.6 Å². The minimum Gasteiger partial charge on any atom is -0.322 e. The van der Waals surface area contributed by atoms with Gasteiger partial charge >= 0.3 is 0 Å². The molecule has 0 aliphatic carbocycles. The predicted octanol–water partition coefficient (Wildman–Crippen LogP) is 6.33. The Bertz CT molecular complexity index is 1240. The Kier molecular flexibility index (Phi) is 6.61. The van der Waals surface area contributed by atoms with Crippen molar-refractivity contribution in [1.82, 2.24) is 14.8 Å². The molecule has 4 aromatic rings.